The summed E-state index contributed by atoms with van der Waals surface area (Å²) in [6.45, 7) is 0. The number of rotatable bonds is 10. The Morgan fingerprint density at radius 2 is 0.767 bits per heavy atom. The highest BCUT2D eigenvalue weighted by Gasteiger charge is 2.97. The van der Waals surface area contributed by atoms with E-state index in [2.05, 4.69) is 4.98 Å². The molecule has 1 atom stereocenters. The van der Waals surface area contributed by atoms with E-state index in [4.69, 9.17) is 4.55 Å². The van der Waals surface area contributed by atoms with Crippen LogP contribution in [0, 0.1) is 0 Å². The van der Waals surface area contributed by atoms with Crippen molar-refractivity contribution in [2.75, 3.05) is 0 Å². The molecule has 1 unspecified atom stereocenters. The van der Waals surface area contributed by atoms with Gasteiger partial charge in [-0.1, -0.05) is 6.07 Å². The number of aromatic nitrogens is 1. The number of halogens is 22. The minimum absolute atomic E-state index is 1.75. The van der Waals surface area contributed by atoms with Gasteiger partial charge in [0.05, 0.1) is 0 Å². The van der Waals surface area contributed by atoms with Gasteiger partial charge in [-0.3, -0.25) is 9.54 Å². The third kappa shape index (κ3) is 5.97. The van der Waals surface area contributed by atoms with Crippen LogP contribution in [0.25, 0.3) is 0 Å². The lowest BCUT2D eigenvalue weighted by Gasteiger charge is -2.44. The smallest absolute Gasteiger partial charge is 0.281 e. The normalized spacial score (nSPS) is 16.3. The van der Waals surface area contributed by atoms with Gasteiger partial charge in [-0.15, -0.1) is 0 Å². The van der Waals surface area contributed by atoms with E-state index in [1.807, 2.05) is 18.2 Å². The molecule has 0 amide bonds. The van der Waals surface area contributed by atoms with Crippen molar-refractivity contribution in [1.29, 1.82) is 0 Å². The summed E-state index contributed by atoms with van der Waals surface area (Å²) in [7, 11) is -8.12. The Morgan fingerprint density at radius 1 is 0.488 bits per heavy atom. The van der Waals surface area contributed by atoms with Crippen molar-refractivity contribution in [2.24, 2.45) is 0 Å². The molecule has 27 heteroatoms. The molecule has 1 heterocycles. The Bertz CT molecular complexity index is 1170. The van der Waals surface area contributed by atoms with Crippen molar-refractivity contribution in [3.63, 3.8) is 0 Å². The Morgan fingerprint density at radius 3 is 0.977 bits per heavy atom. The second-order valence-corrected chi connectivity index (χ2v) is 9.03. The Kier molecular flexibility index (Phi) is 10.5. The minimum Gasteiger partial charge on any atom is -0.281 e. The number of nitrogens with zero attached hydrogens (tertiary/aromatic N) is 1. The number of hydrogen-bond acceptors (Lipinski definition) is 3. The molecule has 0 bridgehead atoms. The summed E-state index contributed by atoms with van der Waals surface area (Å²) in [5, 5.41) is -8.09. The van der Waals surface area contributed by atoms with E-state index in [9.17, 15) is 105 Å². The van der Waals surface area contributed by atoms with Crippen LogP contribution in [0.3, 0.4) is 0 Å². The zero-order valence-corrected chi connectivity index (χ0v) is 19.7. The maximum atomic E-state index is 13.4. The molecule has 0 aromatic carbocycles. The third-order valence-electron chi connectivity index (χ3n) is 4.65. The molecule has 1 rings (SSSR count). The molecule has 0 spiro atoms. The molecule has 254 valence electrons. The number of pyridine rings is 1. The first-order chi connectivity index (χ1) is 18.4. The molecule has 4 nitrogen and oxygen atoms in total. The standard InChI is InChI=1S/C11H2F22O3S.C5H5N/c12-1(3(15,16)17)2(13,14)4(18,19)5(20,21)6(22,23)7(24,25)8(26,27)9(28,29)10(30,31)11(32,33)37(34,35)36;1-2-4-6-5-3-1/h1H,(H,34,35,36);1-5H. The average molecular weight is 711 g/mol. The number of hydrogen-bond donors (Lipinski definition) is 1. The molecule has 0 radical (unpaired) electrons. The van der Waals surface area contributed by atoms with Crippen LogP contribution in [-0.4, -0.2) is 82.9 Å². The first-order valence-electron chi connectivity index (χ1n) is 9.33. The maximum Gasteiger partial charge on any atom is 0.438 e. The predicted octanol–water partition coefficient (Wildman–Crippen LogP) is 7.53. The van der Waals surface area contributed by atoms with E-state index >= 15 is 0 Å². The Labute approximate surface area is 221 Å². The lowest BCUT2D eigenvalue weighted by Crippen LogP contribution is -2.77. The first kappa shape index (κ1) is 40.5. The first-order valence-corrected chi connectivity index (χ1v) is 10.8. The van der Waals surface area contributed by atoms with Gasteiger partial charge in [0.25, 0.3) is 6.17 Å². The van der Waals surface area contributed by atoms with Crippen molar-refractivity contribution < 1.29 is 110 Å². The van der Waals surface area contributed by atoms with Gasteiger partial charge in [-0.25, -0.2) is 4.39 Å². The van der Waals surface area contributed by atoms with Gasteiger partial charge in [0.1, 0.15) is 0 Å². The molecule has 0 saturated heterocycles. The monoisotopic (exact) mass is 711 g/mol. The lowest BCUT2D eigenvalue weighted by molar-refractivity contribution is -0.463. The molecule has 43 heavy (non-hydrogen) atoms. The van der Waals surface area contributed by atoms with Crippen molar-refractivity contribution in [2.45, 2.75) is 65.0 Å². The van der Waals surface area contributed by atoms with Crippen molar-refractivity contribution >= 4 is 10.1 Å². The van der Waals surface area contributed by atoms with Crippen LogP contribution in [0.2, 0.25) is 0 Å². The quantitative estimate of drug-likeness (QED) is 0.202. The SMILES string of the molecule is O=S(=O)(O)C(F)(F)C(F)(F)C(F)(F)C(F)(F)C(F)(F)C(F)(F)C(F)(F)C(F)(F)C(F)(F)C(F)C(F)(F)F.c1ccncc1. The average Bonchev–Trinajstić information content (AvgIpc) is 2.82. The van der Waals surface area contributed by atoms with Gasteiger partial charge in [-0.2, -0.15) is 101 Å². The molecule has 0 fully saturated rings. The second-order valence-electron chi connectivity index (χ2n) is 7.56. The van der Waals surface area contributed by atoms with Crippen molar-refractivity contribution in [3.8, 4) is 0 Å². The molecular formula is C16H7F22NO3S. The van der Waals surface area contributed by atoms with E-state index in [0.29, 0.717) is 0 Å². The highest BCUT2D eigenvalue weighted by molar-refractivity contribution is 7.87. The van der Waals surface area contributed by atoms with Crippen molar-refractivity contribution in [3.05, 3.63) is 30.6 Å². The molecular weight excluding hydrogens is 704 g/mol. The van der Waals surface area contributed by atoms with Crippen LogP contribution in [0.15, 0.2) is 30.6 Å². The van der Waals surface area contributed by atoms with Gasteiger partial charge in [0.2, 0.25) is 0 Å². The maximum absolute atomic E-state index is 13.4. The molecule has 1 aromatic heterocycles. The van der Waals surface area contributed by atoms with E-state index in [0.717, 1.165) is 0 Å². The molecule has 0 aliphatic carbocycles. The fourth-order valence-corrected chi connectivity index (χ4v) is 2.67. The topological polar surface area (TPSA) is 67.3 Å². The highest BCUT2D eigenvalue weighted by Crippen LogP contribution is 2.66. The minimum atomic E-state index is -9.42. The lowest BCUT2D eigenvalue weighted by atomic mass is 9.86. The van der Waals surface area contributed by atoms with Crippen LogP contribution < -0.4 is 0 Å². The van der Waals surface area contributed by atoms with Gasteiger partial charge in [-0.05, 0) is 12.1 Å². The van der Waals surface area contributed by atoms with E-state index < -0.39 is 75.1 Å². The largest absolute Gasteiger partial charge is 0.438 e. The summed E-state index contributed by atoms with van der Waals surface area (Å²) >= 11 is 0. The molecule has 0 aliphatic heterocycles. The number of alkyl halides is 22. The summed E-state index contributed by atoms with van der Waals surface area (Å²) in [4.78, 5) is 3.78. The van der Waals surface area contributed by atoms with E-state index in [1.54, 1.807) is 12.4 Å². The van der Waals surface area contributed by atoms with E-state index in [-0.39, 0.29) is 0 Å². The molecule has 0 aliphatic rings. The summed E-state index contributed by atoms with van der Waals surface area (Å²) in [5.74, 6) is -72.6. The van der Waals surface area contributed by atoms with Gasteiger partial charge < -0.3 is 0 Å². The predicted molar refractivity (Wildman–Crippen MR) is 91.3 cm³/mol. The summed E-state index contributed by atoms with van der Waals surface area (Å²) in [6.07, 6.45) is -10.6. The van der Waals surface area contributed by atoms with Crippen LogP contribution in [0.1, 0.15) is 0 Å². The highest BCUT2D eigenvalue weighted by atomic mass is 32.2. The Balaban J connectivity index is 0.00000259. The Hall–Kier alpha value is -2.48. The molecule has 0 saturated carbocycles. The zero-order valence-electron chi connectivity index (χ0n) is 18.9. The van der Waals surface area contributed by atoms with Gasteiger partial charge in [0, 0.05) is 12.4 Å². The van der Waals surface area contributed by atoms with Crippen LogP contribution in [-0.2, 0) is 10.1 Å². The summed E-state index contributed by atoms with van der Waals surface area (Å²) in [6, 6.07) is 5.72. The fourth-order valence-electron chi connectivity index (χ4n) is 2.22. The second kappa shape index (κ2) is 11.1. The fraction of sp³-hybridized carbons (Fsp3) is 0.688. The summed E-state index contributed by atoms with van der Waals surface area (Å²) < 4.78 is 314. The summed E-state index contributed by atoms with van der Waals surface area (Å²) in [5.41, 5.74) is 0. The zero-order chi connectivity index (χ0) is 35.3. The third-order valence-corrected chi connectivity index (χ3v) is 5.55. The van der Waals surface area contributed by atoms with E-state index in [1.165, 1.54) is 0 Å². The van der Waals surface area contributed by atoms with Crippen LogP contribution in [0.4, 0.5) is 96.6 Å². The molecule has 1 aromatic rings. The van der Waals surface area contributed by atoms with Gasteiger partial charge >= 0.3 is 68.9 Å². The van der Waals surface area contributed by atoms with Crippen LogP contribution in [0.5, 0.6) is 0 Å². The van der Waals surface area contributed by atoms with Gasteiger partial charge in [0.15, 0.2) is 0 Å². The van der Waals surface area contributed by atoms with Crippen molar-refractivity contribution in [1.82, 2.24) is 4.98 Å². The van der Waals surface area contributed by atoms with Crippen LogP contribution >= 0.6 is 0 Å². The molecule has 1 N–H and O–H groups in total.